The third-order valence-electron chi connectivity index (χ3n) is 8.21. The minimum Gasteiger partial charge on any atom is -0.486 e. The second kappa shape index (κ2) is 11.9. The van der Waals surface area contributed by atoms with E-state index in [-0.39, 0.29) is 20.1 Å². The van der Waals surface area contributed by atoms with Gasteiger partial charge in [0.15, 0.2) is 0 Å². The largest absolute Gasteiger partial charge is 0.486 e. The molecule has 6 aromatic heterocycles. The number of pyridine rings is 3. The Balaban J connectivity index is 0.000000212. The van der Waals surface area contributed by atoms with Crippen LogP contribution in [0.15, 0.2) is 130 Å². The number of furan rings is 2. The summed E-state index contributed by atoms with van der Waals surface area (Å²) in [6.45, 7) is 1.96. The molecule has 0 amide bonds. The first-order valence-corrected chi connectivity index (χ1v) is 15.7. The zero-order chi connectivity index (χ0) is 30.6. The molecule has 0 saturated carbocycles. The predicted octanol–water partition coefficient (Wildman–Crippen LogP) is 11.0. The molecule has 10 rings (SSSR count). The molecule has 0 aliphatic heterocycles. The van der Waals surface area contributed by atoms with Crippen LogP contribution in [-0.4, -0.2) is 15.0 Å². The summed E-state index contributed by atoms with van der Waals surface area (Å²) in [5, 5.41) is 6.48. The van der Waals surface area contributed by atoms with Crippen molar-refractivity contribution < 1.29 is 28.9 Å². The van der Waals surface area contributed by atoms with Gasteiger partial charge in [0, 0.05) is 74.5 Å². The summed E-state index contributed by atoms with van der Waals surface area (Å²) in [6, 6.07) is 42.9. The van der Waals surface area contributed by atoms with Crippen molar-refractivity contribution in [2.45, 2.75) is 6.92 Å². The van der Waals surface area contributed by atoms with Crippen molar-refractivity contribution in [3.63, 3.8) is 0 Å². The third kappa shape index (κ3) is 5.00. The Morgan fingerprint density at radius 2 is 1.49 bits per heavy atom. The predicted molar refractivity (Wildman–Crippen MR) is 187 cm³/mol. The molecule has 0 aliphatic carbocycles. The van der Waals surface area contributed by atoms with Gasteiger partial charge in [0.05, 0.1) is 5.58 Å². The summed E-state index contributed by atoms with van der Waals surface area (Å²) in [5.41, 5.74) is 7.59. The molecule has 0 spiro atoms. The van der Waals surface area contributed by atoms with Gasteiger partial charge < -0.3 is 18.8 Å². The van der Waals surface area contributed by atoms with Crippen LogP contribution in [0.5, 0.6) is 0 Å². The van der Waals surface area contributed by atoms with Crippen LogP contribution in [-0.2, 0) is 20.1 Å². The molecule has 0 unspecified atom stereocenters. The molecule has 0 saturated heterocycles. The summed E-state index contributed by atoms with van der Waals surface area (Å²) >= 11 is 1.79. The van der Waals surface area contributed by atoms with Gasteiger partial charge in [-0.1, -0.05) is 41.3 Å². The SMILES string of the molecule is Cc1ccc2c(n1)oc1c(-c3cc4oc5c(ccc6sc7ccccc7c65)c4cn3)[c-]ccc12.[Ir].[c-]1ccccc1-c1ccccn1. The third-order valence-corrected chi connectivity index (χ3v) is 9.34. The van der Waals surface area contributed by atoms with Gasteiger partial charge in [-0.15, -0.1) is 65.4 Å². The van der Waals surface area contributed by atoms with E-state index in [9.17, 15) is 0 Å². The molecule has 0 aliphatic rings. The molecular formula is C40H23IrN3O2S-2. The van der Waals surface area contributed by atoms with E-state index < -0.39 is 0 Å². The zero-order valence-electron chi connectivity index (χ0n) is 24.9. The smallest absolute Gasteiger partial charge is 0.216 e. The Morgan fingerprint density at radius 1 is 0.638 bits per heavy atom. The van der Waals surface area contributed by atoms with Crippen LogP contribution in [0, 0.1) is 19.1 Å². The average Bonchev–Trinajstić information content (AvgIpc) is 3.79. The number of thiophene rings is 1. The van der Waals surface area contributed by atoms with Crippen LogP contribution in [0.1, 0.15) is 5.69 Å². The van der Waals surface area contributed by atoms with E-state index in [0.29, 0.717) is 5.71 Å². The van der Waals surface area contributed by atoms with Gasteiger partial charge in [0.2, 0.25) is 5.71 Å². The summed E-state index contributed by atoms with van der Waals surface area (Å²) in [7, 11) is 0. The molecule has 0 N–H and O–H groups in total. The maximum absolute atomic E-state index is 6.49. The van der Waals surface area contributed by atoms with Crippen LogP contribution >= 0.6 is 11.3 Å². The average molecular weight is 802 g/mol. The summed E-state index contributed by atoms with van der Waals surface area (Å²) in [4.78, 5) is 13.6. The molecule has 47 heavy (non-hydrogen) atoms. The number of rotatable bonds is 2. The number of aryl methyl sites for hydroxylation is 1. The summed E-state index contributed by atoms with van der Waals surface area (Å²) < 4.78 is 15.2. The normalized spacial score (nSPS) is 11.3. The molecule has 4 aromatic carbocycles. The van der Waals surface area contributed by atoms with E-state index >= 15 is 0 Å². The van der Waals surface area contributed by atoms with Gasteiger partial charge in [0.1, 0.15) is 11.2 Å². The standard InChI is InChI=1S/C29H15N2O2S.C11H8N.Ir/c1-15-9-10-18-16-6-4-7-19(27(16)33-29(18)31-15)22-13-23-21(14-30-22)17-11-12-25-26(28(17)32-23)20-5-2-3-8-24(20)34-25;1-2-6-10(7-3-1)11-8-4-5-9-12-11;/h2-6,8-14H,1H3;1-6,8-9H;/q2*-1;. The maximum Gasteiger partial charge on any atom is 0.216 e. The molecular weight excluding hydrogens is 779 g/mol. The first-order chi connectivity index (χ1) is 22.7. The molecule has 5 nitrogen and oxygen atoms in total. The monoisotopic (exact) mass is 802 g/mol. The van der Waals surface area contributed by atoms with Crippen molar-refractivity contribution in [1.82, 2.24) is 15.0 Å². The number of hydrogen-bond acceptors (Lipinski definition) is 6. The van der Waals surface area contributed by atoms with E-state index in [1.807, 2.05) is 79.9 Å². The van der Waals surface area contributed by atoms with Gasteiger partial charge >= 0.3 is 0 Å². The number of aromatic nitrogens is 3. The van der Waals surface area contributed by atoms with Crippen LogP contribution in [0.25, 0.3) is 86.7 Å². The first-order valence-electron chi connectivity index (χ1n) is 14.9. The van der Waals surface area contributed by atoms with Gasteiger partial charge in [0.25, 0.3) is 0 Å². The topological polar surface area (TPSA) is 65.0 Å². The summed E-state index contributed by atoms with van der Waals surface area (Å²) in [6.07, 6.45) is 3.69. The Hall–Kier alpha value is -5.20. The Kier molecular flexibility index (Phi) is 7.38. The number of fused-ring (bicyclic) bond motifs is 10. The zero-order valence-corrected chi connectivity index (χ0v) is 28.2. The van der Waals surface area contributed by atoms with Crippen molar-refractivity contribution in [3.8, 4) is 22.5 Å². The fourth-order valence-corrected chi connectivity index (χ4v) is 7.16. The van der Waals surface area contributed by atoms with E-state index in [4.69, 9.17) is 13.8 Å². The molecule has 0 bridgehead atoms. The van der Waals surface area contributed by atoms with Crippen LogP contribution in [0.2, 0.25) is 0 Å². The number of benzene rings is 4. The second-order valence-electron chi connectivity index (χ2n) is 11.1. The Morgan fingerprint density at radius 3 is 2.36 bits per heavy atom. The number of nitrogens with zero attached hydrogens (tertiary/aromatic N) is 3. The first kappa shape index (κ1) is 29.2. The molecule has 6 heterocycles. The number of hydrogen-bond donors (Lipinski definition) is 0. The van der Waals surface area contributed by atoms with Crippen molar-refractivity contribution >= 4 is 75.5 Å². The van der Waals surface area contributed by atoms with E-state index in [2.05, 4.69) is 64.6 Å². The molecule has 1 radical (unpaired) electrons. The molecule has 0 fully saturated rings. The maximum atomic E-state index is 6.49. The molecule has 10 aromatic rings. The Labute approximate surface area is 286 Å². The quantitative estimate of drug-likeness (QED) is 0.163. The van der Waals surface area contributed by atoms with E-state index in [0.717, 1.165) is 66.5 Å². The minimum atomic E-state index is 0. The Bertz CT molecular complexity index is 2680. The van der Waals surface area contributed by atoms with Crippen molar-refractivity contribution in [2.24, 2.45) is 0 Å². The van der Waals surface area contributed by atoms with Crippen molar-refractivity contribution in [2.75, 3.05) is 0 Å². The van der Waals surface area contributed by atoms with Gasteiger partial charge in [-0.05, 0) is 60.8 Å². The van der Waals surface area contributed by atoms with Crippen LogP contribution in [0.3, 0.4) is 0 Å². The van der Waals surface area contributed by atoms with E-state index in [1.165, 1.54) is 20.2 Å². The fraction of sp³-hybridized carbons (Fsp3) is 0.0250. The van der Waals surface area contributed by atoms with Gasteiger partial charge in [-0.25, -0.2) is 4.98 Å². The van der Waals surface area contributed by atoms with Crippen LogP contribution in [0.4, 0.5) is 0 Å². The summed E-state index contributed by atoms with van der Waals surface area (Å²) in [5.74, 6) is 0. The van der Waals surface area contributed by atoms with Crippen LogP contribution < -0.4 is 0 Å². The second-order valence-corrected chi connectivity index (χ2v) is 12.2. The minimum absolute atomic E-state index is 0. The van der Waals surface area contributed by atoms with Gasteiger partial charge in [-0.3, -0.25) is 0 Å². The van der Waals surface area contributed by atoms with Gasteiger partial charge in [-0.2, -0.15) is 0 Å². The fourth-order valence-electron chi connectivity index (χ4n) is 6.05. The van der Waals surface area contributed by atoms with Crippen molar-refractivity contribution in [3.05, 3.63) is 139 Å². The molecule has 7 heteroatoms. The van der Waals surface area contributed by atoms with Crippen molar-refractivity contribution in [1.29, 1.82) is 0 Å². The molecule has 227 valence electrons. The van der Waals surface area contributed by atoms with E-state index in [1.54, 1.807) is 17.5 Å². The molecule has 0 atom stereocenters.